The number of alkyl halides is 3. The van der Waals surface area contributed by atoms with E-state index in [-0.39, 0.29) is 5.69 Å². The summed E-state index contributed by atoms with van der Waals surface area (Å²) >= 11 is 7.03. The largest absolute Gasteiger partial charge is 0.471 e. The predicted molar refractivity (Wildman–Crippen MR) is 75.6 cm³/mol. The second kappa shape index (κ2) is 6.31. The molecule has 0 spiro atoms. The van der Waals surface area contributed by atoms with E-state index in [4.69, 9.17) is 11.6 Å². The van der Waals surface area contributed by atoms with Crippen LogP contribution in [0.2, 0.25) is 4.47 Å². The van der Waals surface area contributed by atoms with Crippen molar-refractivity contribution in [3.63, 3.8) is 0 Å². The van der Waals surface area contributed by atoms with Gasteiger partial charge in [0.05, 0.1) is 6.54 Å². The Kier molecular flexibility index (Phi) is 4.69. The van der Waals surface area contributed by atoms with Gasteiger partial charge < -0.3 is 10.6 Å². The Bertz CT molecular complexity index is 627. The molecule has 1 aromatic heterocycles. The molecule has 2 N–H and O–H groups in total. The molecule has 112 valence electrons. The topological polar surface area (TPSA) is 54.0 Å². The van der Waals surface area contributed by atoms with Crippen LogP contribution in [0.1, 0.15) is 4.88 Å². The molecule has 0 saturated heterocycles. The summed E-state index contributed by atoms with van der Waals surface area (Å²) in [7, 11) is 0. The highest BCUT2D eigenvalue weighted by Crippen LogP contribution is 2.21. The second-order valence-electron chi connectivity index (χ2n) is 3.96. The van der Waals surface area contributed by atoms with Gasteiger partial charge in [-0.15, -0.1) is 11.3 Å². The van der Waals surface area contributed by atoms with Gasteiger partial charge in [0, 0.05) is 22.4 Å². The lowest BCUT2D eigenvalue weighted by Gasteiger charge is -2.09. The highest BCUT2D eigenvalue weighted by Gasteiger charge is 2.38. The normalized spacial score (nSPS) is 11.2. The number of nitrogens with zero attached hydrogens (tertiary/aromatic N) is 1. The number of hydrogen-bond donors (Lipinski definition) is 2. The molecular weight excluding hydrogens is 327 g/mol. The van der Waals surface area contributed by atoms with Crippen molar-refractivity contribution in [3.8, 4) is 0 Å². The van der Waals surface area contributed by atoms with E-state index in [1.165, 1.54) is 23.5 Å². The molecule has 2 aromatic rings. The molecule has 0 unspecified atom stereocenters. The number of anilines is 2. The van der Waals surface area contributed by atoms with Crippen molar-refractivity contribution in [1.29, 1.82) is 0 Å². The average molecular weight is 336 g/mol. The van der Waals surface area contributed by atoms with Crippen LogP contribution in [0, 0.1) is 0 Å². The lowest BCUT2D eigenvalue weighted by Crippen LogP contribution is -2.29. The third-order valence-electron chi connectivity index (χ3n) is 2.39. The van der Waals surface area contributed by atoms with Gasteiger partial charge in [0.25, 0.3) is 0 Å². The molecular formula is C12H9ClF3N3OS. The highest BCUT2D eigenvalue weighted by atomic mass is 35.5. The number of amides is 1. The fourth-order valence-electron chi connectivity index (χ4n) is 1.43. The number of aromatic nitrogens is 1. The fraction of sp³-hybridized carbons (Fsp3) is 0.167. The number of carbonyl (C=O) groups is 1. The Balaban J connectivity index is 1.91. The van der Waals surface area contributed by atoms with Crippen molar-refractivity contribution < 1.29 is 18.0 Å². The van der Waals surface area contributed by atoms with Crippen molar-refractivity contribution in [2.45, 2.75) is 12.7 Å². The number of halogens is 4. The quantitative estimate of drug-likeness (QED) is 0.890. The summed E-state index contributed by atoms with van der Waals surface area (Å²) in [5, 5.41) is 4.83. The smallest absolute Gasteiger partial charge is 0.380 e. The van der Waals surface area contributed by atoms with Crippen molar-refractivity contribution in [2.24, 2.45) is 0 Å². The molecule has 0 radical (unpaired) electrons. The zero-order chi connectivity index (χ0) is 15.5. The molecule has 4 nitrogen and oxygen atoms in total. The first-order chi connectivity index (χ1) is 9.84. The molecule has 0 saturated carbocycles. The molecule has 0 bridgehead atoms. The Morgan fingerprint density at radius 3 is 2.38 bits per heavy atom. The summed E-state index contributed by atoms with van der Waals surface area (Å²) < 4.78 is 36.7. The summed E-state index contributed by atoms with van der Waals surface area (Å²) in [6.45, 7) is 0.499. The fourth-order valence-corrected chi connectivity index (χ4v) is 2.35. The van der Waals surface area contributed by atoms with Gasteiger partial charge in [0.1, 0.15) is 0 Å². The number of hydrogen-bond acceptors (Lipinski definition) is 4. The lowest BCUT2D eigenvalue weighted by atomic mass is 10.2. The zero-order valence-corrected chi connectivity index (χ0v) is 11.9. The van der Waals surface area contributed by atoms with Gasteiger partial charge in [-0.05, 0) is 24.3 Å². The maximum absolute atomic E-state index is 12.1. The van der Waals surface area contributed by atoms with Crippen LogP contribution in [-0.4, -0.2) is 17.1 Å². The Morgan fingerprint density at radius 2 is 1.86 bits per heavy atom. The minimum atomic E-state index is -4.90. The average Bonchev–Trinajstić information content (AvgIpc) is 2.83. The summed E-state index contributed by atoms with van der Waals surface area (Å²) in [6.07, 6.45) is -3.26. The van der Waals surface area contributed by atoms with Gasteiger partial charge in [0.15, 0.2) is 4.47 Å². The van der Waals surface area contributed by atoms with Crippen LogP contribution in [-0.2, 0) is 11.3 Å². The first-order valence-electron chi connectivity index (χ1n) is 5.67. The van der Waals surface area contributed by atoms with Crippen LogP contribution >= 0.6 is 22.9 Å². The lowest BCUT2D eigenvalue weighted by molar-refractivity contribution is -0.167. The summed E-state index contributed by atoms with van der Waals surface area (Å²) in [5.41, 5.74) is 0.772. The number of carbonyl (C=O) groups excluding carboxylic acids is 1. The minimum Gasteiger partial charge on any atom is -0.380 e. The minimum absolute atomic E-state index is 0.0729. The second-order valence-corrected chi connectivity index (χ2v) is 5.66. The Morgan fingerprint density at radius 1 is 1.24 bits per heavy atom. The number of benzene rings is 1. The Labute approximate surface area is 127 Å². The predicted octanol–water partition coefficient (Wildman–Crippen LogP) is 3.91. The van der Waals surface area contributed by atoms with E-state index in [0.29, 0.717) is 16.7 Å². The maximum atomic E-state index is 12.1. The van der Waals surface area contributed by atoms with E-state index < -0.39 is 12.1 Å². The third-order valence-corrected chi connectivity index (χ3v) is 3.51. The van der Waals surface area contributed by atoms with E-state index in [9.17, 15) is 18.0 Å². The monoisotopic (exact) mass is 335 g/mol. The molecule has 1 aromatic carbocycles. The standard InChI is InChI=1S/C12H9ClF3N3OS/c13-11-18-6-9(21-11)5-17-7-1-3-8(4-2-7)19-10(20)12(14,15)16/h1-4,6,17H,5H2,(H,19,20). The number of nitrogens with one attached hydrogen (secondary N) is 2. The number of thiazole rings is 1. The van der Waals surface area contributed by atoms with Gasteiger partial charge in [-0.3, -0.25) is 4.79 Å². The van der Waals surface area contributed by atoms with Gasteiger partial charge in [-0.1, -0.05) is 11.6 Å². The molecule has 1 amide bonds. The van der Waals surface area contributed by atoms with Crippen molar-refractivity contribution >= 4 is 40.2 Å². The highest BCUT2D eigenvalue weighted by molar-refractivity contribution is 7.15. The molecule has 2 rings (SSSR count). The van der Waals surface area contributed by atoms with Gasteiger partial charge >= 0.3 is 12.1 Å². The molecule has 0 aliphatic carbocycles. The van der Waals surface area contributed by atoms with E-state index in [1.54, 1.807) is 23.6 Å². The maximum Gasteiger partial charge on any atom is 0.471 e. The molecule has 0 fully saturated rings. The summed E-state index contributed by atoms with van der Waals surface area (Å²) in [5.74, 6) is -2.00. The Hall–Kier alpha value is -1.80. The van der Waals surface area contributed by atoms with Crippen LogP contribution in [0.5, 0.6) is 0 Å². The molecule has 9 heteroatoms. The molecule has 0 atom stereocenters. The van der Waals surface area contributed by atoms with Crippen LogP contribution in [0.3, 0.4) is 0 Å². The van der Waals surface area contributed by atoms with Crippen LogP contribution in [0.15, 0.2) is 30.5 Å². The summed E-state index contributed by atoms with van der Waals surface area (Å²) in [6, 6.07) is 5.89. The van der Waals surface area contributed by atoms with Crippen molar-refractivity contribution in [2.75, 3.05) is 10.6 Å². The first-order valence-corrected chi connectivity index (χ1v) is 6.86. The van der Waals surface area contributed by atoms with E-state index in [1.807, 2.05) is 0 Å². The number of rotatable bonds is 4. The van der Waals surface area contributed by atoms with Gasteiger partial charge in [-0.25, -0.2) is 4.98 Å². The molecule has 21 heavy (non-hydrogen) atoms. The van der Waals surface area contributed by atoms with E-state index in [2.05, 4.69) is 10.3 Å². The van der Waals surface area contributed by atoms with Gasteiger partial charge in [0.2, 0.25) is 0 Å². The van der Waals surface area contributed by atoms with Crippen LogP contribution < -0.4 is 10.6 Å². The van der Waals surface area contributed by atoms with Crippen LogP contribution in [0.4, 0.5) is 24.5 Å². The molecule has 0 aliphatic rings. The first kappa shape index (κ1) is 15.6. The third kappa shape index (κ3) is 4.61. The molecule has 1 heterocycles. The van der Waals surface area contributed by atoms with Gasteiger partial charge in [-0.2, -0.15) is 13.2 Å². The van der Waals surface area contributed by atoms with Crippen LogP contribution in [0.25, 0.3) is 0 Å². The van der Waals surface area contributed by atoms with Crippen molar-refractivity contribution in [1.82, 2.24) is 4.98 Å². The van der Waals surface area contributed by atoms with Crippen molar-refractivity contribution in [3.05, 3.63) is 39.8 Å². The van der Waals surface area contributed by atoms with E-state index in [0.717, 1.165) is 4.88 Å². The van der Waals surface area contributed by atoms with E-state index >= 15 is 0 Å². The summed E-state index contributed by atoms with van der Waals surface area (Å²) in [4.78, 5) is 15.6. The zero-order valence-electron chi connectivity index (χ0n) is 10.4. The molecule has 0 aliphatic heterocycles. The SMILES string of the molecule is O=C(Nc1ccc(NCc2cnc(Cl)s2)cc1)C(F)(F)F.